The van der Waals surface area contributed by atoms with Gasteiger partial charge in [0, 0.05) is 12.6 Å². The van der Waals surface area contributed by atoms with E-state index in [9.17, 15) is 0 Å². The Hall–Kier alpha value is -0.120. The van der Waals surface area contributed by atoms with Crippen LogP contribution in [0.15, 0.2) is 0 Å². The maximum absolute atomic E-state index is 5.97. The molecule has 0 aromatic rings. The predicted octanol–water partition coefficient (Wildman–Crippen LogP) is 0.895. The lowest BCUT2D eigenvalue weighted by Gasteiger charge is -2.31. The molecule has 2 saturated heterocycles. The van der Waals surface area contributed by atoms with Crippen LogP contribution in [0.4, 0.5) is 0 Å². The Kier molecular flexibility index (Phi) is 4.42. The third-order valence-electron chi connectivity index (χ3n) is 3.69. The van der Waals surface area contributed by atoms with Crippen molar-refractivity contribution in [1.82, 2.24) is 9.80 Å². The summed E-state index contributed by atoms with van der Waals surface area (Å²) in [4.78, 5) is 5.15. The van der Waals surface area contributed by atoms with E-state index in [2.05, 4.69) is 9.80 Å². The van der Waals surface area contributed by atoms with E-state index in [1.165, 1.54) is 64.8 Å². The summed E-state index contributed by atoms with van der Waals surface area (Å²) in [5.41, 5.74) is 5.97. The van der Waals surface area contributed by atoms with Crippen LogP contribution in [-0.4, -0.2) is 55.1 Å². The number of rotatable bonds is 4. The zero-order valence-electron chi connectivity index (χ0n) is 9.83. The smallest absolute Gasteiger partial charge is 0.0168 e. The molecule has 88 valence electrons. The number of nitrogens with two attached hydrogens (primary N) is 1. The molecule has 3 nitrogen and oxygen atoms in total. The Morgan fingerprint density at radius 2 is 1.60 bits per heavy atom. The molecule has 0 spiro atoms. The second-order valence-electron chi connectivity index (χ2n) is 5.11. The first-order valence-corrected chi connectivity index (χ1v) is 6.55. The van der Waals surface area contributed by atoms with Crippen molar-refractivity contribution in [3.63, 3.8) is 0 Å². The lowest BCUT2D eigenvalue weighted by molar-refractivity contribution is 0.196. The van der Waals surface area contributed by atoms with E-state index in [0.29, 0.717) is 6.04 Å². The van der Waals surface area contributed by atoms with Gasteiger partial charge in [0.25, 0.3) is 0 Å². The molecule has 1 atom stereocenters. The molecule has 2 aliphatic rings. The molecule has 0 bridgehead atoms. The maximum Gasteiger partial charge on any atom is 0.0168 e. The Bertz CT molecular complexity index is 178. The van der Waals surface area contributed by atoms with Gasteiger partial charge in [0.05, 0.1) is 0 Å². The fraction of sp³-hybridized carbons (Fsp3) is 1.00. The van der Waals surface area contributed by atoms with Crippen LogP contribution in [-0.2, 0) is 0 Å². The summed E-state index contributed by atoms with van der Waals surface area (Å²) in [7, 11) is 0. The highest BCUT2D eigenvalue weighted by Crippen LogP contribution is 2.10. The molecule has 2 fully saturated rings. The predicted molar refractivity (Wildman–Crippen MR) is 63.9 cm³/mol. The number of hydrogen-bond donors (Lipinski definition) is 1. The van der Waals surface area contributed by atoms with Gasteiger partial charge in [-0.1, -0.05) is 0 Å². The highest BCUT2D eigenvalue weighted by atomic mass is 15.2. The zero-order valence-corrected chi connectivity index (χ0v) is 9.83. The quantitative estimate of drug-likeness (QED) is 0.750. The number of piperidine rings is 1. The third-order valence-corrected chi connectivity index (χ3v) is 3.69. The molecular formula is C12H25N3. The van der Waals surface area contributed by atoms with Crippen LogP contribution in [0.1, 0.15) is 32.1 Å². The van der Waals surface area contributed by atoms with Crippen LogP contribution in [0, 0.1) is 0 Å². The SMILES string of the molecule is N[C@@H]1CCCN(CCCN2CCCC2)C1. The van der Waals surface area contributed by atoms with Crippen molar-refractivity contribution in [2.45, 2.75) is 38.1 Å². The third kappa shape index (κ3) is 3.74. The monoisotopic (exact) mass is 211 g/mol. The second-order valence-corrected chi connectivity index (χ2v) is 5.11. The lowest BCUT2D eigenvalue weighted by Crippen LogP contribution is -2.43. The number of nitrogens with zero attached hydrogens (tertiary/aromatic N) is 2. The van der Waals surface area contributed by atoms with Gasteiger partial charge in [-0.3, -0.25) is 0 Å². The molecule has 0 unspecified atom stereocenters. The minimum Gasteiger partial charge on any atom is -0.327 e. The Morgan fingerprint density at radius 3 is 2.33 bits per heavy atom. The standard InChI is InChI=1S/C12H25N3/c13-12-5-3-8-15(11-12)10-4-9-14-6-1-2-7-14/h12H,1-11,13H2/t12-/m1/s1. The molecule has 2 rings (SSSR count). The van der Waals surface area contributed by atoms with E-state index in [1.807, 2.05) is 0 Å². The fourth-order valence-corrected chi connectivity index (χ4v) is 2.82. The van der Waals surface area contributed by atoms with Crippen molar-refractivity contribution in [2.24, 2.45) is 5.73 Å². The zero-order chi connectivity index (χ0) is 10.5. The van der Waals surface area contributed by atoms with Gasteiger partial charge >= 0.3 is 0 Å². The Balaban J connectivity index is 1.56. The van der Waals surface area contributed by atoms with Gasteiger partial charge in [-0.25, -0.2) is 0 Å². The summed E-state index contributed by atoms with van der Waals surface area (Å²) in [6.45, 7) is 7.61. The van der Waals surface area contributed by atoms with Gasteiger partial charge in [0.2, 0.25) is 0 Å². The minimum absolute atomic E-state index is 0.436. The average molecular weight is 211 g/mol. The first kappa shape index (κ1) is 11.4. The van der Waals surface area contributed by atoms with Gasteiger partial charge in [-0.15, -0.1) is 0 Å². The highest BCUT2D eigenvalue weighted by molar-refractivity contribution is 4.75. The molecule has 0 aromatic carbocycles. The fourth-order valence-electron chi connectivity index (χ4n) is 2.82. The van der Waals surface area contributed by atoms with Crippen LogP contribution >= 0.6 is 0 Å². The first-order valence-electron chi connectivity index (χ1n) is 6.55. The van der Waals surface area contributed by atoms with Crippen LogP contribution in [0.5, 0.6) is 0 Å². The molecule has 0 aliphatic carbocycles. The van der Waals surface area contributed by atoms with Gasteiger partial charge in [-0.05, 0) is 64.8 Å². The van der Waals surface area contributed by atoms with Crippen molar-refractivity contribution in [3.8, 4) is 0 Å². The molecule has 0 aromatic heterocycles. The van der Waals surface area contributed by atoms with Crippen LogP contribution in [0.25, 0.3) is 0 Å². The molecule has 0 amide bonds. The summed E-state index contributed by atoms with van der Waals surface area (Å²) >= 11 is 0. The van der Waals surface area contributed by atoms with Gasteiger partial charge in [-0.2, -0.15) is 0 Å². The molecule has 15 heavy (non-hydrogen) atoms. The van der Waals surface area contributed by atoms with Crippen LogP contribution in [0.2, 0.25) is 0 Å². The van der Waals surface area contributed by atoms with Crippen molar-refractivity contribution in [2.75, 3.05) is 39.3 Å². The molecular weight excluding hydrogens is 186 g/mol. The van der Waals surface area contributed by atoms with Gasteiger partial charge in [0.15, 0.2) is 0 Å². The van der Waals surface area contributed by atoms with E-state index in [4.69, 9.17) is 5.73 Å². The minimum atomic E-state index is 0.436. The maximum atomic E-state index is 5.97. The van der Waals surface area contributed by atoms with Crippen molar-refractivity contribution >= 4 is 0 Å². The number of likely N-dealkylation sites (tertiary alicyclic amines) is 2. The first-order chi connectivity index (χ1) is 7.34. The summed E-state index contributed by atoms with van der Waals surface area (Å²) in [5.74, 6) is 0. The highest BCUT2D eigenvalue weighted by Gasteiger charge is 2.16. The van der Waals surface area contributed by atoms with Crippen LogP contribution < -0.4 is 5.73 Å². The second kappa shape index (κ2) is 5.83. The van der Waals surface area contributed by atoms with Gasteiger partial charge < -0.3 is 15.5 Å². The lowest BCUT2D eigenvalue weighted by atomic mass is 10.1. The molecule has 2 aliphatic heterocycles. The van der Waals surface area contributed by atoms with E-state index >= 15 is 0 Å². The number of hydrogen-bond acceptors (Lipinski definition) is 3. The molecule has 2 N–H and O–H groups in total. The molecule has 2 heterocycles. The largest absolute Gasteiger partial charge is 0.327 e. The topological polar surface area (TPSA) is 32.5 Å². The molecule has 3 heteroatoms. The normalized spacial score (nSPS) is 29.8. The summed E-state index contributed by atoms with van der Waals surface area (Å²) in [5, 5.41) is 0. The molecule has 0 radical (unpaired) electrons. The van der Waals surface area contributed by atoms with E-state index < -0.39 is 0 Å². The van der Waals surface area contributed by atoms with Crippen molar-refractivity contribution in [3.05, 3.63) is 0 Å². The van der Waals surface area contributed by atoms with Gasteiger partial charge in [0.1, 0.15) is 0 Å². The Labute approximate surface area is 93.6 Å². The van der Waals surface area contributed by atoms with Crippen LogP contribution in [0.3, 0.4) is 0 Å². The summed E-state index contributed by atoms with van der Waals surface area (Å²) < 4.78 is 0. The van der Waals surface area contributed by atoms with E-state index in [1.54, 1.807) is 0 Å². The Morgan fingerprint density at radius 1 is 0.933 bits per heavy atom. The van der Waals surface area contributed by atoms with Crippen molar-refractivity contribution in [1.29, 1.82) is 0 Å². The van der Waals surface area contributed by atoms with E-state index in [-0.39, 0.29) is 0 Å². The molecule has 0 saturated carbocycles. The van der Waals surface area contributed by atoms with E-state index in [0.717, 1.165) is 6.54 Å². The summed E-state index contributed by atoms with van der Waals surface area (Å²) in [6.07, 6.45) is 6.67. The summed E-state index contributed by atoms with van der Waals surface area (Å²) in [6, 6.07) is 0.436. The average Bonchev–Trinajstić information content (AvgIpc) is 2.71. The van der Waals surface area contributed by atoms with Crippen molar-refractivity contribution < 1.29 is 0 Å².